The van der Waals surface area contributed by atoms with Crippen molar-refractivity contribution in [3.63, 3.8) is 0 Å². The predicted octanol–water partition coefficient (Wildman–Crippen LogP) is 2.50. The summed E-state index contributed by atoms with van der Waals surface area (Å²) in [6.45, 7) is 3.34. The van der Waals surface area contributed by atoms with Gasteiger partial charge in [0.15, 0.2) is 5.13 Å². The van der Waals surface area contributed by atoms with Crippen molar-refractivity contribution in [2.75, 3.05) is 5.32 Å². The number of rotatable bonds is 3. The molecule has 6 nitrogen and oxygen atoms in total. The van der Waals surface area contributed by atoms with Gasteiger partial charge in [-0.3, -0.25) is 10.1 Å². The third-order valence-corrected chi connectivity index (χ3v) is 3.11. The molecule has 2 rings (SSSR count). The van der Waals surface area contributed by atoms with Gasteiger partial charge in [0, 0.05) is 5.38 Å². The first kappa shape index (κ1) is 12.3. The fourth-order valence-electron chi connectivity index (χ4n) is 1.33. The average Bonchev–Trinajstić information content (AvgIpc) is 2.97. The number of hydrogen-bond donors (Lipinski definition) is 2. The monoisotopic (exact) mass is 265 g/mol. The van der Waals surface area contributed by atoms with E-state index in [0.717, 1.165) is 0 Å². The van der Waals surface area contributed by atoms with E-state index in [2.05, 4.69) is 15.5 Å². The van der Waals surface area contributed by atoms with Gasteiger partial charge in [-0.15, -0.1) is 11.3 Å². The number of oxime groups is 1. The lowest BCUT2D eigenvalue weighted by molar-refractivity contribution is 0.102. The molecule has 0 aliphatic heterocycles. The van der Waals surface area contributed by atoms with Gasteiger partial charge in [0.05, 0.1) is 11.8 Å². The molecule has 0 aromatic carbocycles. The molecule has 2 aromatic heterocycles. The molecule has 7 heteroatoms. The van der Waals surface area contributed by atoms with Crippen LogP contribution < -0.4 is 5.32 Å². The maximum Gasteiger partial charge on any atom is 0.260 e. The van der Waals surface area contributed by atoms with Crippen LogP contribution in [0.3, 0.4) is 0 Å². The quantitative estimate of drug-likeness (QED) is 0.507. The molecule has 18 heavy (non-hydrogen) atoms. The minimum absolute atomic E-state index is 0.277. The molecule has 94 valence electrons. The molecule has 0 aliphatic carbocycles. The Bertz CT molecular complexity index is 600. The molecule has 2 aromatic rings. The Morgan fingerprint density at radius 1 is 1.61 bits per heavy atom. The van der Waals surface area contributed by atoms with Crippen LogP contribution in [0.2, 0.25) is 0 Å². The smallest absolute Gasteiger partial charge is 0.260 e. The number of carbonyl (C=O) groups is 1. The largest absolute Gasteiger partial charge is 0.469 e. The molecule has 0 aliphatic rings. The summed E-state index contributed by atoms with van der Waals surface area (Å²) in [5.74, 6) is 0.276. The van der Waals surface area contributed by atoms with Crippen molar-refractivity contribution in [2.45, 2.75) is 13.8 Å². The maximum absolute atomic E-state index is 11.9. The summed E-state index contributed by atoms with van der Waals surface area (Å²) in [4.78, 5) is 16.0. The van der Waals surface area contributed by atoms with Gasteiger partial charge in [0.2, 0.25) is 0 Å². The predicted molar refractivity (Wildman–Crippen MR) is 67.5 cm³/mol. The van der Waals surface area contributed by atoms with Crippen LogP contribution in [-0.4, -0.2) is 21.8 Å². The van der Waals surface area contributed by atoms with E-state index in [1.54, 1.807) is 25.3 Å². The lowest BCUT2D eigenvalue weighted by atomic mass is 10.2. The van der Waals surface area contributed by atoms with E-state index in [4.69, 9.17) is 9.62 Å². The normalized spacial score (nSPS) is 11.6. The van der Waals surface area contributed by atoms with Crippen molar-refractivity contribution in [1.29, 1.82) is 0 Å². The number of anilines is 1. The topological polar surface area (TPSA) is 87.7 Å². The highest BCUT2D eigenvalue weighted by Gasteiger charge is 2.13. The van der Waals surface area contributed by atoms with Crippen LogP contribution in [0.1, 0.15) is 28.7 Å². The molecule has 2 N–H and O–H groups in total. The number of carbonyl (C=O) groups excluding carboxylic acids is 1. The van der Waals surface area contributed by atoms with E-state index in [1.165, 1.54) is 17.6 Å². The van der Waals surface area contributed by atoms with E-state index < -0.39 is 0 Å². The molecule has 0 saturated heterocycles. The van der Waals surface area contributed by atoms with Crippen molar-refractivity contribution in [3.05, 3.63) is 34.7 Å². The van der Waals surface area contributed by atoms with Crippen LogP contribution in [0.5, 0.6) is 0 Å². The first-order chi connectivity index (χ1) is 8.61. The van der Waals surface area contributed by atoms with E-state index in [0.29, 0.717) is 27.9 Å². The molecule has 0 atom stereocenters. The average molecular weight is 265 g/mol. The lowest BCUT2D eigenvalue weighted by Gasteiger charge is -1.99. The van der Waals surface area contributed by atoms with Crippen molar-refractivity contribution < 1.29 is 14.4 Å². The van der Waals surface area contributed by atoms with Crippen LogP contribution in [-0.2, 0) is 0 Å². The maximum atomic E-state index is 11.9. The summed E-state index contributed by atoms with van der Waals surface area (Å²) in [6.07, 6.45) is 1.46. The van der Waals surface area contributed by atoms with E-state index in [-0.39, 0.29) is 5.91 Å². The van der Waals surface area contributed by atoms with Crippen molar-refractivity contribution in [2.24, 2.45) is 5.16 Å². The number of nitrogens with one attached hydrogen (secondary N) is 1. The summed E-state index contributed by atoms with van der Waals surface area (Å²) < 4.78 is 5.05. The zero-order chi connectivity index (χ0) is 13.1. The molecule has 0 radical (unpaired) electrons. The lowest BCUT2D eigenvalue weighted by Crippen LogP contribution is -2.12. The molecular formula is C11H11N3O3S. The van der Waals surface area contributed by atoms with E-state index >= 15 is 0 Å². The van der Waals surface area contributed by atoms with Crippen LogP contribution in [0.4, 0.5) is 5.13 Å². The van der Waals surface area contributed by atoms with Gasteiger partial charge in [-0.05, 0) is 19.9 Å². The second kappa shape index (κ2) is 5.01. The number of thiazole rings is 1. The Hall–Kier alpha value is -2.15. The second-order valence-corrected chi connectivity index (χ2v) is 4.43. The Balaban J connectivity index is 2.13. The second-order valence-electron chi connectivity index (χ2n) is 3.57. The number of aromatic nitrogens is 1. The highest BCUT2D eigenvalue weighted by atomic mass is 32.1. The van der Waals surface area contributed by atoms with Crippen molar-refractivity contribution >= 4 is 28.1 Å². The van der Waals surface area contributed by atoms with E-state index in [9.17, 15) is 4.79 Å². The minimum Gasteiger partial charge on any atom is -0.469 e. The zero-order valence-corrected chi connectivity index (χ0v) is 10.6. The SMILES string of the molecule is CC(=NO)c1csc(NC(=O)c2ccoc2C)n1. The molecule has 2 heterocycles. The molecule has 0 bridgehead atoms. The van der Waals surface area contributed by atoms with Gasteiger partial charge in [0.1, 0.15) is 17.2 Å². The standard InChI is InChI=1S/C11H11N3O3S/c1-6(14-16)9-5-18-11(12-9)13-10(15)8-3-4-17-7(8)2/h3-5,16H,1-2H3,(H,12,13,15). The fraction of sp³-hybridized carbons (Fsp3) is 0.182. The van der Waals surface area contributed by atoms with Crippen LogP contribution in [0.15, 0.2) is 27.3 Å². The minimum atomic E-state index is -0.277. The number of amides is 1. The van der Waals surface area contributed by atoms with Crippen LogP contribution in [0, 0.1) is 6.92 Å². The van der Waals surface area contributed by atoms with Crippen molar-refractivity contribution in [3.8, 4) is 0 Å². The molecule has 0 fully saturated rings. The van der Waals surface area contributed by atoms with Gasteiger partial charge in [-0.25, -0.2) is 4.98 Å². The Kier molecular flexibility index (Phi) is 3.42. The van der Waals surface area contributed by atoms with Crippen molar-refractivity contribution in [1.82, 2.24) is 4.98 Å². The highest BCUT2D eigenvalue weighted by Crippen LogP contribution is 2.18. The van der Waals surface area contributed by atoms with Gasteiger partial charge in [0.25, 0.3) is 5.91 Å². The molecule has 0 unspecified atom stereocenters. The summed E-state index contributed by atoms with van der Waals surface area (Å²) in [5, 5.41) is 16.5. The van der Waals surface area contributed by atoms with Crippen LogP contribution >= 0.6 is 11.3 Å². The fourth-order valence-corrected chi connectivity index (χ4v) is 2.08. The third-order valence-electron chi connectivity index (χ3n) is 2.35. The summed E-state index contributed by atoms with van der Waals surface area (Å²) in [7, 11) is 0. The Morgan fingerprint density at radius 2 is 2.39 bits per heavy atom. The van der Waals surface area contributed by atoms with Gasteiger partial charge in [-0.2, -0.15) is 0 Å². The number of aryl methyl sites for hydroxylation is 1. The molecular weight excluding hydrogens is 254 g/mol. The number of hydrogen-bond acceptors (Lipinski definition) is 6. The van der Waals surface area contributed by atoms with E-state index in [1.807, 2.05) is 0 Å². The molecule has 0 spiro atoms. The first-order valence-electron chi connectivity index (χ1n) is 5.12. The van der Waals surface area contributed by atoms with Gasteiger partial charge >= 0.3 is 0 Å². The number of nitrogens with zero attached hydrogens (tertiary/aromatic N) is 2. The summed E-state index contributed by atoms with van der Waals surface area (Å²) in [6, 6.07) is 1.60. The Morgan fingerprint density at radius 3 is 3.00 bits per heavy atom. The third kappa shape index (κ3) is 2.40. The highest BCUT2D eigenvalue weighted by molar-refractivity contribution is 7.14. The summed E-state index contributed by atoms with van der Waals surface area (Å²) in [5.41, 5.74) is 1.40. The zero-order valence-electron chi connectivity index (χ0n) is 9.80. The van der Waals surface area contributed by atoms with Crippen LogP contribution in [0.25, 0.3) is 0 Å². The van der Waals surface area contributed by atoms with Gasteiger partial charge < -0.3 is 9.62 Å². The first-order valence-corrected chi connectivity index (χ1v) is 5.99. The Labute approximate surface area is 107 Å². The van der Waals surface area contributed by atoms with Gasteiger partial charge in [-0.1, -0.05) is 5.16 Å². The summed E-state index contributed by atoms with van der Waals surface area (Å²) >= 11 is 1.26. The molecule has 1 amide bonds. The number of furan rings is 1. The molecule has 0 saturated carbocycles.